The van der Waals surface area contributed by atoms with E-state index in [1.54, 1.807) is 18.4 Å². The summed E-state index contributed by atoms with van der Waals surface area (Å²) in [6, 6.07) is 7.97. The van der Waals surface area contributed by atoms with Gasteiger partial charge < -0.3 is 15.4 Å². The monoisotopic (exact) mass is 304 g/mol. The largest absolute Gasteiger partial charge is 0.495 e. The first-order valence-electron chi connectivity index (χ1n) is 6.81. The van der Waals surface area contributed by atoms with Gasteiger partial charge in [0.1, 0.15) is 5.75 Å². The highest BCUT2D eigenvalue weighted by molar-refractivity contribution is 7.07. The number of anilines is 2. The molecule has 0 saturated heterocycles. The normalized spacial score (nSPS) is 11.8. The number of nitrogens with one attached hydrogen (secondary N) is 2. The topological polar surface area (TPSA) is 50.4 Å². The highest BCUT2D eigenvalue weighted by Crippen LogP contribution is 2.29. The average molecular weight is 304 g/mol. The zero-order chi connectivity index (χ0) is 15.2. The van der Waals surface area contributed by atoms with Crippen molar-refractivity contribution in [2.24, 2.45) is 0 Å². The van der Waals surface area contributed by atoms with Gasteiger partial charge in [0.25, 0.3) is 0 Å². The lowest BCUT2D eigenvalue weighted by Crippen LogP contribution is -2.18. The molecule has 2 N–H and O–H groups in total. The van der Waals surface area contributed by atoms with E-state index in [9.17, 15) is 4.79 Å². The van der Waals surface area contributed by atoms with Crippen molar-refractivity contribution in [2.45, 2.75) is 26.3 Å². The van der Waals surface area contributed by atoms with E-state index in [-0.39, 0.29) is 11.9 Å². The van der Waals surface area contributed by atoms with Crippen molar-refractivity contribution < 1.29 is 9.53 Å². The van der Waals surface area contributed by atoms with Crippen LogP contribution in [-0.2, 0) is 11.2 Å². The van der Waals surface area contributed by atoms with Crippen LogP contribution in [0, 0.1) is 0 Å². The minimum absolute atomic E-state index is 0.0857. The van der Waals surface area contributed by atoms with Crippen LogP contribution in [0.15, 0.2) is 35.0 Å². The van der Waals surface area contributed by atoms with Crippen molar-refractivity contribution in [1.29, 1.82) is 0 Å². The standard InChI is InChI=1S/C16H20N2O2S/c1-11(8-13-6-7-21-10-13)17-15-9-14(18-12(2)19)4-5-16(15)20-3/h4-7,9-11,17H,8H2,1-3H3,(H,18,19)/t11-/m0/s1. The molecular weight excluding hydrogens is 284 g/mol. The molecule has 0 aliphatic heterocycles. The van der Waals surface area contributed by atoms with E-state index in [4.69, 9.17) is 4.74 Å². The van der Waals surface area contributed by atoms with Gasteiger partial charge in [-0.1, -0.05) is 0 Å². The molecule has 112 valence electrons. The number of carbonyl (C=O) groups is 1. The van der Waals surface area contributed by atoms with E-state index in [2.05, 4.69) is 34.4 Å². The number of hydrogen-bond acceptors (Lipinski definition) is 4. The minimum atomic E-state index is -0.0857. The van der Waals surface area contributed by atoms with Crippen LogP contribution in [0.5, 0.6) is 5.75 Å². The Hall–Kier alpha value is -2.01. The summed E-state index contributed by atoms with van der Waals surface area (Å²) < 4.78 is 5.37. The van der Waals surface area contributed by atoms with E-state index in [0.29, 0.717) is 0 Å². The summed E-state index contributed by atoms with van der Waals surface area (Å²) in [5.41, 5.74) is 2.96. The Bertz CT molecular complexity index is 596. The summed E-state index contributed by atoms with van der Waals surface area (Å²) in [5, 5.41) is 10.5. The van der Waals surface area contributed by atoms with Gasteiger partial charge >= 0.3 is 0 Å². The zero-order valence-corrected chi connectivity index (χ0v) is 13.3. The molecule has 5 heteroatoms. The molecule has 0 radical (unpaired) electrons. The first-order valence-corrected chi connectivity index (χ1v) is 7.76. The summed E-state index contributed by atoms with van der Waals surface area (Å²) in [6.07, 6.45) is 0.941. The van der Waals surface area contributed by atoms with Gasteiger partial charge in [-0.15, -0.1) is 0 Å². The van der Waals surface area contributed by atoms with Crippen molar-refractivity contribution in [3.63, 3.8) is 0 Å². The fourth-order valence-electron chi connectivity index (χ4n) is 2.18. The second kappa shape index (κ2) is 7.13. The van der Waals surface area contributed by atoms with Crippen molar-refractivity contribution in [3.05, 3.63) is 40.6 Å². The number of carbonyl (C=O) groups excluding carboxylic acids is 1. The molecule has 4 nitrogen and oxygen atoms in total. The van der Waals surface area contributed by atoms with Crippen LogP contribution >= 0.6 is 11.3 Å². The van der Waals surface area contributed by atoms with Gasteiger partial charge in [-0.05, 0) is 53.9 Å². The predicted octanol–water partition coefficient (Wildman–Crippen LogP) is 3.76. The summed E-state index contributed by atoms with van der Waals surface area (Å²) >= 11 is 1.70. The quantitative estimate of drug-likeness (QED) is 0.854. The molecule has 0 spiro atoms. The SMILES string of the molecule is COc1ccc(NC(C)=O)cc1N[C@@H](C)Cc1ccsc1. The third kappa shape index (κ3) is 4.49. The Morgan fingerprint density at radius 2 is 2.19 bits per heavy atom. The van der Waals surface area contributed by atoms with Crippen LogP contribution in [0.25, 0.3) is 0 Å². The van der Waals surface area contributed by atoms with E-state index in [0.717, 1.165) is 23.5 Å². The first-order chi connectivity index (χ1) is 10.1. The van der Waals surface area contributed by atoms with Gasteiger partial charge in [-0.2, -0.15) is 11.3 Å². The van der Waals surface area contributed by atoms with E-state index in [1.807, 2.05) is 18.2 Å². The van der Waals surface area contributed by atoms with Crippen LogP contribution in [0.3, 0.4) is 0 Å². The number of thiophene rings is 1. The van der Waals surface area contributed by atoms with Crippen LogP contribution in [-0.4, -0.2) is 19.1 Å². The lowest BCUT2D eigenvalue weighted by molar-refractivity contribution is -0.114. The molecule has 0 saturated carbocycles. The number of rotatable bonds is 6. The van der Waals surface area contributed by atoms with E-state index >= 15 is 0 Å². The van der Waals surface area contributed by atoms with E-state index in [1.165, 1.54) is 12.5 Å². The maximum absolute atomic E-state index is 11.2. The average Bonchev–Trinajstić information content (AvgIpc) is 2.91. The first kappa shape index (κ1) is 15.4. The molecule has 21 heavy (non-hydrogen) atoms. The molecule has 0 bridgehead atoms. The molecule has 2 aromatic rings. The summed E-state index contributed by atoms with van der Waals surface area (Å²) in [6.45, 7) is 3.62. The van der Waals surface area contributed by atoms with Gasteiger partial charge in [0.2, 0.25) is 5.91 Å². The molecule has 2 rings (SSSR count). The smallest absolute Gasteiger partial charge is 0.221 e. The lowest BCUT2D eigenvalue weighted by atomic mass is 10.1. The minimum Gasteiger partial charge on any atom is -0.495 e. The van der Waals surface area contributed by atoms with Gasteiger partial charge in [0.05, 0.1) is 12.8 Å². The van der Waals surface area contributed by atoms with Crippen molar-refractivity contribution in [3.8, 4) is 5.75 Å². The Morgan fingerprint density at radius 1 is 1.38 bits per heavy atom. The number of methoxy groups -OCH3 is 1. The third-order valence-corrected chi connectivity index (χ3v) is 3.78. The summed E-state index contributed by atoms with van der Waals surface area (Å²) in [5.74, 6) is 0.679. The summed E-state index contributed by atoms with van der Waals surface area (Å²) in [4.78, 5) is 11.2. The maximum atomic E-state index is 11.2. The number of benzene rings is 1. The second-order valence-corrected chi connectivity index (χ2v) is 5.76. The third-order valence-electron chi connectivity index (χ3n) is 3.04. The molecule has 1 amide bonds. The molecule has 1 aromatic carbocycles. The van der Waals surface area contributed by atoms with Gasteiger partial charge in [-0.25, -0.2) is 0 Å². The van der Waals surface area contributed by atoms with Crippen LogP contribution in [0.1, 0.15) is 19.4 Å². The van der Waals surface area contributed by atoms with Crippen LogP contribution < -0.4 is 15.4 Å². The second-order valence-electron chi connectivity index (χ2n) is 4.98. The fraction of sp³-hybridized carbons (Fsp3) is 0.312. The van der Waals surface area contributed by atoms with Crippen molar-refractivity contribution in [1.82, 2.24) is 0 Å². The van der Waals surface area contributed by atoms with Crippen LogP contribution in [0.2, 0.25) is 0 Å². The van der Waals surface area contributed by atoms with Gasteiger partial charge in [0.15, 0.2) is 0 Å². The van der Waals surface area contributed by atoms with Crippen molar-refractivity contribution >= 4 is 28.6 Å². The molecule has 0 fully saturated rings. The molecule has 0 unspecified atom stereocenters. The number of amides is 1. The zero-order valence-electron chi connectivity index (χ0n) is 12.5. The van der Waals surface area contributed by atoms with Crippen LogP contribution in [0.4, 0.5) is 11.4 Å². The number of hydrogen-bond donors (Lipinski definition) is 2. The molecule has 0 aliphatic rings. The van der Waals surface area contributed by atoms with Gasteiger partial charge in [0, 0.05) is 18.7 Å². The predicted molar refractivity (Wildman–Crippen MR) is 88.4 cm³/mol. The molecular formula is C16H20N2O2S. The fourth-order valence-corrected chi connectivity index (χ4v) is 2.86. The highest BCUT2D eigenvalue weighted by Gasteiger charge is 2.09. The maximum Gasteiger partial charge on any atom is 0.221 e. The Labute approximate surface area is 129 Å². The Morgan fingerprint density at radius 3 is 2.81 bits per heavy atom. The van der Waals surface area contributed by atoms with Gasteiger partial charge in [-0.3, -0.25) is 4.79 Å². The molecule has 1 atom stereocenters. The molecule has 1 heterocycles. The number of ether oxygens (including phenoxy) is 1. The summed E-state index contributed by atoms with van der Waals surface area (Å²) in [7, 11) is 1.64. The molecule has 1 aromatic heterocycles. The lowest BCUT2D eigenvalue weighted by Gasteiger charge is -2.18. The van der Waals surface area contributed by atoms with Crippen molar-refractivity contribution in [2.75, 3.05) is 17.7 Å². The highest BCUT2D eigenvalue weighted by atomic mass is 32.1. The molecule has 0 aliphatic carbocycles. The Balaban J connectivity index is 2.10. The Kier molecular flexibility index (Phi) is 5.22. The van der Waals surface area contributed by atoms with E-state index < -0.39 is 0 Å².